The van der Waals surface area contributed by atoms with Crippen LogP contribution in [0.5, 0.6) is 5.75 Å². The Morgan fingerprint density at radius 2 is 2.11 bits per heavy atom. The summed E-state index contributed by atoms with van der Waals surface area (Å²) < 4.78 is 10.2. The van der Waals surface area contributed by atoms with E-state index in [1.54, 1.807) is 0 Å². The molecule has 0 unspecified atom stereocenters. The highest BCUT2D eigenvalue weighted by Crippen LogP contribution is 2.12. The molecule has 1 heterocycles. The first-order valence-electron chi connectivity index (χ1n) is 5.99. The minimum Gasteiger partial charge on any atom is -0.479 e. The van der Waals surface area contributed by atoms with Gasteiger partial charge >= 0.3 is 0 Å². The number of rotatable bonds is 6. The van der Waals surface area contributed by atoms with Crippen LogP contribution in [0.3, 0.4) is 0 Å². The van der Waals surface area contributed by atoms with Crippen LogP contribution < -0.4 is 10.1 Å². The largest absolute Gasteiger partial charge is 0.479 e. The second-order valence-electron chi connectivity index (χ2n) is 4.12. The van der Waals surface area contributed by atoms with Crippen LogP contribution in [0, 0.1) is 18.3 Å². The average molecular weight is 257 g/mol. The van der Waals surface area contributed by atoms with Gasteiger partial charge in [-0.05, 0) is 24.6 Å². The van der Waals surface area contributed by atoms with Crippen molar-refractivity contribution in [2.45, 2.75) is 20.0 Å². The molecule has 2 aromatic rings. The Morgan fingerprint density at radius 1 is 1.32 bits per heavy atom. The molecule has 0 radical (unpaired) electrons. The Bertz CT molecular complexity index is 555. The zero-order chi connectivity index (χ0) is 13.5. The first kappa shape index (κ1) is 13.1. The molecular formula is C14H15N3O2. The highest BCUT2D eigenvalue weighted by Gasteiger charge is 2.00. The van der Waals surface area contributed by atoms with Crippen molar-refractivity contribution in [3.05, 3.63) is 47.3 Å². The normalized spacial score (nSPS) is 10.1. The fraction of sp³-hybridized carbons (Fsp3) is 0.286. The van der Waals surface area contributed by atoms with Gasteiger partial charge in [0.25, 0.3) is 0 Å². The molecule has 0 amide bonds. The van der Waals surface area contributed by atoms with Crippen LogP contribution in [-0.2, 0) is 13.1 Å². The lowest BCUT2D eigenvalue weighted by atomic mass is 10.2. The summed E-state index contributed by atoms with van der Waals surface area (Å²) in [6.45, 7) is 3.36. The molecule has 5 heteroatoms. The fourth-order valence-corrected chi connectivity index (χ4v) is 1.66. The van der Waals surface area contributed by atoms with Gasteiger partial charge < -0.3 is 14.6 Å². The van der Waals surface area contributed by atoms with Crippen molar-refractivity contribution in [2.24, 2.45) is 0 Å². The van der Waals surface area contributed by atoms with E-state index in [0.717, 1.165) is 23.6 Å². The van der Waals surface area contributed by atoms with E-state index in [9.17, 15) is 0 Å². The van der Waals surface area contributed by atoms with Crippen LogP contribution >= 0.6 is 0 Å². The zero-order valence-electron chi connectivity index (χ0n) is 10.7. The number of nitrogens with zero attached hydrogens (tertiary/aromatic N) is 2. The second-order valence-corrected chi connectivity index (χ2v) is 4.12. The quantitative estimate of drug-likeness (QED) is 0.858. The van der Waals surface area contributed by atoms with Crippen molar-refractivity contribution in [3.63, 3.8) is 0 Å². The van der Waals surface area contributed by atoms with E-state index in [0.29, 0.717) is 12.3 Å². The maximum Gasteiger partial charge on any atom is 0.174 e. The van der Waals surface area contributed by atoms with Crippen LogP contribution in [0.1, 0.15) is 17.0 Å². The number of aromatic nitrogens is 1. The number of nitriles is 1. The number of benzene rings is 1. The standard InChI is InChI=1S/C14H15N3O2/c1-11-8-13(17-19-11)10-16-9-12-2-4-14(5-3-12)18-7-6-15/h2-5,8,16H,7,9-10H2,1H3. The van der Waals surface area contributed by atoms with Gasteiger partial charge in [0.1, 0.15) is 17.6 Å². The van der Waals surface area contributed by atoms with E-state index in [1.165, 1.54) is 0 Å². The number of hydrogen-bond donors (Lipinski definition) is 1. The number of nitrogens with one attached hydrogen (secondary N) is 1. The van der Waals surface area contributed by atoms with Gasteiger partial charge in [0, 0.05) is 19.2 Å². The van der Waals surface area contributed by atoms with Gasteiger partial charge in [-0.3, -0.25) is 0 Å². The molecule has 0 aliphatic heterocycles. The topological polar surface area (TPSA) is 71.1 Å². The molecule has 1 N–H and O–H groups in total. The molecule has 0 aliphatic carbocycles. The third-order valence-corrected chi connectivity index (χ3v) is 2.54. The summed E-state index contributed by atoms with van der Waals surface area (Å²) in [5.41, 5.74) is 2.04. The average Bonchev–Trinajstić information content (AvgIpc) is 2.84. The molecule has 0 atom stereocenters. The summed E-state index contributed by atoms with van der Waals surface area (Å²) in [7, 11) is 0. The van der Waals surface area contributed by atoms with E-state index in [4.69, 9.17) is 14.5 Å². The van der Waals surface area contributed by atoms with E-state index in [2.05, 4.69) is 10.5 Å². The maximum atomic E-state index is 8.41. The molecule has 0 spiro atoms. The van der Waals surface area contributed by atoms with Gasteiger partial charge in [0.2, 0.25) is 0 Å². The van der Waals surface area contributed by atoms with E-state index in [-0.39, 0.29) is 6.61 Å². The number of ether oxygens (including phenoxy) is 1. The lowest BCUT2D eigenvalue weighted by Gasteiger charge is -2.05. The smallest absolute Gasteiger partial charge is 0.174 e. The van der Waals surface area contributed by atoms with Gasteiger partial charge in [-0.2, -0.15) is 5.26 Å². The van der Waals surface area contributed by atoms with Crippen LogP contribution in [0.2, 0.25) is 0 Å². The molecule has 0 saturated heterocycles. The fourth-order valence-electron chi connectivity index (χ4n) is 1.66. The van der Waals surface area contributed by atoms with Crippen LogP contribution in [-0.4, -0.2) is 11.8 Å². The molecule has 19 heavy (non-hydrogen) atoms. The zero-order valence-corrected chi connectivity index (χ0v) is 10.7. The molecule has 0 saturated carbocycles. The Hall–Kier alpha value is -2.32. The third kappa shape index (κ3) is 4.12. The Labute approximate surface area is 111 Å². The van der Waals surface area contributed by atoms with Crippen molar-refractivity contribution in [3.8, 4) is 11.8 Å². The van der Waals surface area contributed by atoms with E-state index in [1.807, 2.05) is 43.3 Å². The van der Waals surface area contributed by atoms with Crippen molar-refractivity contribution < 1.29 is 9.26 Å². The summed E-state index contributed by atoms with van der Waals surface area (Å²) in [4.78, 5) is 0. The van der Waals surface area contributed by atoms with Gasteiger partial charge in [-0.15, -0.1) is 0 Å². The molecule has 1 aromatic heterocycles. The van der Waals surface area contributed by atoms with Crippen molar-refractivity contribution in [2.75, 3.05) is 6.61 Å². The van der Waals surface area contributed by atoms with Gasteiger partial charge in [0.15, 0.2) is 6.61 Å². The highest BCUT2D eigenvalue weighted by molar-refractivity contribution is 5.27. The Balaban J connectivity index is 1.78. The number of aryl methyl sites for hydroxylation is 1. The summed E-state index contributed by atoms with van der Waals surface area (Å²) in [6.07, 6.45) is 0. The van der Waals surface area contributed by atoms with Gasteiger partial charge in [-0.1, -0.05) is 17.3 Å². The van der Waals surface area contributed by atoms with Crippen molar-refractivity contribution in [1.29, 1.82) is 5.26 Å². The molecule has 5 nitrogen and oxygen atoms in total. The predicted molar refractivity (Wildman–Crippen MR) is 69.3 cm³/mol. The van der Waals surface area contributed by atoms with Crippen molar-refractivity contribution in [1.82, 2.24) is 10.5 Å². The van der Waals surface area contributed by atoms with Crippen molar-refractivity contribution >= 4 is 0 Å². The summed E-state index contributed by atoms with van der Waals surface area (Å²) in [6, 6.07) is 11.5. The first-order chi connectivity index (χ1) is 9.28. The Kier molecular flexibility index (Phi) is 4.54. The molecule has 0 aliphatic rings. The summed E-state index contributed by atoms with van der Waals surface area (Å²) in [5.74, 6) is 1.52. The molecule has 98 valence electrons. The first-order valence-corrected chi connectivity index (χ1v) is 5.99. The number of hydrogen-bond acceptors (Lipinski definition) is 5. The van der Waals surface area contributed by atoms with Gasteiger partial charge in [-0.25, -0.2) is 0 Å². The van der Waals surface area contributed by atoms with Gasteiger partial charge in [0.05, 0.1) is 5.69 Å². The SMILES string of the molecule is Cc1cc(CNCc2ccc(OCC#N)cc2)no1. The molecule has 1 aromatic carbocycles. The van der Waals surface area contributed by atoms with Crippen LogP contribution in [0.15, 0.2) is 34.9 Å². The minimum atomic E-state index is 0.0725. The molecule has 0 fully saturated rings. The van der Waals surface area contributed by atoms with Crippen LogP contribution in [0.4, 0.5) is 0 Å². The monoisotopic (exact) mass is 257 g/mol. The lowest BCUT2D eigenvalue weighted by Crippen LogP contribution is -2.12. The molecule has 0 bridgehead atoms. The predicted octanol–water partition coefficient (Wildman–Crippen LogP) is 2.18. The highest BCUT2D eigenvalue weighted by atomic mass is 16.5. The van der Waals surface area contributed by atoms with Crippen LogP contribution in [0.25, 0.3) is 0 Å². The van der Waals surface area contributed by atoms with E-state index < -0.39 is 0 Å². The lowest BCUT2D eigenvalue weighted by molar-refractivity contribution is 0.368. The summed E-state index contributed by atoms with van der Waals surface area (Å²) in [5, 5.41) is 15.6. The third-order valence-electron chi connectivity index (χ3n) is 2.54. The molecular weight excluding hydrogens is 242 g/mol. The second kappa shape index (κ2) is 6.57. The summed E-state index contributed by atoms with van der Waals surface area (Å²) >= 11 is 0. The Morgan fingerprint density at radius 3 is 2.74 bits per heavy atom. The molecule has 2 rings (SSSR count). The van der Waals surface area contributed by atoms with E-state index >= 15 is 0 Å². The minimum absolute atomic E-state index is 0.0725. The maximum absolute atomic E-state index is 8.41.